The maximum atomic E-state index is 12.3. The molecule has 144 valence electrons. The highest BCUT2D eigenvalue weighted by atomic mass is 79.9. The van der Waals surface area contributed by atoms with Gasteiger partial charge in [-0.3, -0.25) is 4.79 Å². The van der Waals surface area contributed by atoms with Gasteiger partial charge in [0.05, 0.1) is 25.8 Å². The van der Waals surface area contributed by atoms with E-state index in [-0.39, 0.29) is 18.6 Å². The maximum absolute atomic E-state index is 12.3. The average molecular weight is 436 g/mol. The van der Waals surface area contributed by atoms with Gasteiger partial charge in [0.25, 0.3) is 5.91 Å². The molecule has 0 radical (unpaired) electrons. The van der Waals surface area contributed by atoms with E-state index in [0.717, 1.165) is 16.5 Å². The predicted molar refractivity (Wildman–Crippen MR) is 105 cm³/mol. The van der Waals surface area contributed by atoms with Crippen LogP contribution in [-0.4, -0.2) is 32.7 Å². The van der Waals surface area contributed by atoms with Gasteiger partial charge in [-0.15, -0.1) is 0 Å². The molecule has 6 nitrogen and oxygen atoms in total. The third kappa shape index (κ3) is 5.72. The largest absolute Gasteiger partial charge is 0.493 e. The fraction of sp³-hybridized carbons (Fsp3) is 0.300. The Kier molecular flexibility index (Phi) is 7.67. The van der Waals surface area contributed by atoms with E-state index in [1.54, 1.807) is 12.1 Å². The summed E-state index contributed by atoms with van der Waals surface area (Å²) in [5, 5.41) is 2.95. The number of methoxy groups -OCH3 is 2. The molecule has 0 fully saturated rings. The predicted octanol–water partition coefficient (Wildman–Crippen LogP) is 3.89. The van der Waals surface area contributed by atoms with Crippen LogP contribution in [0.2, 0.25) is 0 Å². The number of carbonyl (C=O) groups is 2. The Hall–Kier alpha value is -2.54. The normalized spacial score (nSPS) is 11.4. The van der Waals surface area contributed by atoms with Crippen LogP contribution in [0.25, 0.3) is 0 Å². The van der Waals surface area contributed by atoms with Crippen molar-refractivity contribution in [2.75, 3.05) is 20.8 Å². The van der Waals surface area contributed by atoms with E-state index >= 15 is 0 Å². The molecule has 7 heteroatoms. The van der Waals surface area contributed by atoms with Crippen LogP contribution in [0.15, 0.2) is 46.9 Å². The fourth-order valence-electron chi connectivity index (χ4n) is 2.53. The molecule has 0 aliphatic rings. The number of rotatable bonds is 8. The van der Waals surface area contributed by atoms with Crippen molar-refractivity contribution in [2.45, 2.75) is 19.4 Å². The van der Waals surface area contributed by atoms with Gasteiger partial charge in [-0.1, -0.05) is 35.0 Å². The Balaban J connectivity index is 2.00. The molecular weight excluding hydrogens is 414 g/mol. The summed E-state index contributed by atoms with van der Waals surface area (Å²) in [6.45, 7) is 1.84. The molecule has 0 aromatic heterocycles. The molecule has 0 saturated carbocycles. The first kappa shape index (κ1) is 20.8. The molecule has 0 aliphatic heterocycles. The molecule has 0 bridgehead atoms. The average Bonchev–Trinajstić information content (AvgIpc) is 2.70. The third-order valence-corrected chi connectivity index (χ3v) is 4.49. The first-order chi connectivity index (χ1) is 13.0. The minimum absolute atomic E-state index is 0.0993. The number of hydrogen-bond acceptors (Lipinski definition) is 5. The Morgan fingerprint density at radius 2 is 1.78 bits per heavy atom. The molecule has 0 spiro atoms. The first-order valence-electron chi connectivity index (χ1n) is 8.42. The van der Waals surface area contributed by atoms with Crippen LogP contribution in [0.4, 0.5) is 0 Å². The van der Waals surface area contributed by atoms with Gasteiger partial charge in [-0.05, 0) is 42.3 Å². The van der Waals surface area contributed by atoms with Crippen molar-refractivity contribution in [3.05, 3.63) is 58.1 Å². The Morgan fingerprint density at radius 3 is 2.37 bits per heavy atom. The number of esters is 1. The van der Waals surface area contributed by atoms with E-state index in [0.29, 0.717) is 17.1 Å². The smallest absolute Gasteiger partial charge is 0.337 e. The molecule has 2 rings (SSSR count). The standard InChI is InChI=1S/C20H22BrNO5/c1-4-16(13-5-8-15(21)9-6-13)22-19(23)12-27-17-10-7-14(20(24)26-3)11-18(17)25-2/h5-11,16H,4,12H2,1-3H3,(H,22,23). The molecule has 1 amide bonds. The summed E-state index contributed by atoms with van der Waals surface area (Å²) >= 11 is 3.40. The molecule has 0 aliphatic carbocycles. The molecule has 27 heavy (non-hydrogen) atoms. The lowest BCUT2D eigenvalue weighted by Gasteiger charge is -2.18. The number of hydrogen-bond donors (Lipinski definition) is 1. The molecule has 1 atom stereocenters. The van der Waals surface area contributed by atoms with E-state index in [1.807, 2.05) is 31.2 Å². The quantitative estimate of drug-likeness (QED) is 0.636. The zero-order valence-corrected chi connectivity index (χ0v) is 17.0. The number of amides is 1. The van der Waals surface area contributed by atoms with E-state index < -0.39 is 5.97 Å². The summed E-state index contributed by atoms with van der Waals surface area (Å²) in [5.41, 5.74) is 1.36. The minimum atomic E-state index is -0.474. The Bertz CT molecular complexity index is 791. The SMILES string of the molecule is CCC(NC(=O)COc1ccc(C(=O)OC)cc1OC)c1ccc(Br)cc1. The lowest BCUT2D eigenvalue weighted by Crippen LogP contribution is -2.32. The molecule has 1 unspecified atom stereocenters. The summed E-state index contributed by atoms with van der Waals surface area (Å²) in [7, 11) is 2.77. The van der Waals surface area contributed by atoms with Crippen LogP contribution in [0.1, 0.15) is 35.3 Å². The highest BCUT2D eigenvalue weighted by Crippen LogP contribution is 2.28. The van der Waals surface area contributed by atoms with Gasteiger partial charge in [-0.2, -0.15) is 0 Å². The molecule has 2 aromatic carbocycles. The Morgan fingerprint density at radius 1 is 1.07 bits per heavy atom. The zero-order chi connectivity index (χ0) is 19.8. The van der Waals surface area contributed by atoms with E-state index in [9.17, 15) is 9.59 Å². The number of ether oxygens (including phenoxy) is 3. The van der Waals surface area contributed by atoms with Crippen LogP contribution in [0.5, 0.6) is 11.5 Å². The van der Waals surface area contributed by atoms with Gasteiger partial charge in [0.2, 0.25) is 0 Å². The minimum Gasteiger partial charge on any atom is -0.493 e. The third-order valence-electron chi connectivity index (χ3n) is 3.96. The summed E-state index contributed by atoms with van der Waals surface area (Å²) in [6, 6.07) is 12.3. The van der Waals surface area contributed by atoms with Crippen LogP contribution < -0.4 is 14.8 Å². The van der Waals surface area contributed by atoms with Crippen LogP contribution >= 0.6 is 15.9 Å². The highest BCUT2D eigenvalue weighted by molar-refractivity contribution is 9.10. The number of carbonyl (C=O) groups excluding carboxylic acids is 2. The highest BCUT2D eigenvalue weighted by Gasteiger charge is 2.15. The molecule has 2 aromatic rings. The second-order valence-electron chi connectivity index (χ2n) is 5.73. The fourth-order valence-corrected chi connectivity index (χ4v) is 2.79. The van der Waals surface area contributed by atoms with Crippen molar-refractivity contribution < 1.29 is 23.8 Å². The van der Waals surface area contributed by atoms with Gasteiger partial charge < -0.3 is 19.5 Å². The van der Waals surface area contributed by atoms with E-state index in [2.05, 4.69) is 26.0 Å². The monoisotopic (exact) mass is 435 g/mol. The Labute approximate surface area is 166 Å². The summed E-state index contributed by atoms with van der Waals surface area (Å²) < 4.78 is 16.5. The molecular formula is C20H22BrNO5. The van der Waals surface area contributed by atoms with Gasteiger partial charge >= 0.3 is 5.97 Å². The second-order valence-corrected chi connectivity index (χ2v) is 6.64. The zero-order valence-electron chi connectivity index (χ0n) is 15.5. The van der Waals surface area contributed by atoms with Crippen LogP contribution in [-0.2, 0) is 9.53 Å². The molecule has 0 heterocycles. The van der Waals surface area contributed by atoms with E-state index in [4.69, 9.17) is 9.47 Å². The summed E-state index contributed by atoms with van der Waals surface area (Å²) in [4.78, 5) is 23.9. The van der Waals surface area contributed by atoms with Crippen LogP contribution in [0, 0.1) is 0 Å². The van der Waals surface area contributed by atoms with Gasteiger partial charge in [-0.25, -0.2) is 4.79 Å². The van der Waals surface area contributed by atoms with Crippen molar-refractivity contribution in [3.8, 4) is 11.5 Å². The van der Waals surface area contributed by atoms with Crippen molar-refractivity contribution in [1.29, 1.82) is 0 Å². The topological polar surface area (TPSA) is 73.9 Å². The number of nitrogens with one attached hydrogen (secondary N) is 1. The number of halogens is 1. The lowest BCUT2D eigenvalue weighted by molar-refractivity contribution is -0.123. The van der Waals surface area contributed by atoms with Crippen LogP contribution in [0.3, 0.4) is 0 Å². The maximum Gasteiger partial charge on any atom is 0.337 e. The first-order valence-corrected chi connectivity index (χ1v) is 9.21. The van der Waals surface area contributed by atoms with E-state index in [1.165, 1.54) is 20.3 Å². The second kappa shape index (κ2) is 9.97. The lowest BCUT2D eigenvalue weighted by atomic mass is 10.0. The summed E-state index contributed by atoms with van der Waals surface area (Å²) in [5.74, 6) is 0.00406. The van der Waals surface area contributed by atoms with Gasteiger partial charge in [0.1, 0.15) is 0 Å². The number of benzene rings is 2. The molecule has 0 saturated heterocycles. The van der Waals surface area contributed by atoms with Crippen molar-refractivity contribution in [3.63, 3.8) is 0 Å². The van der Waals surface area contributed by atoms with Crippen molar-refractivity contribution in [2.24, 2.45) is 0 Å². The van der Waals surface area contributed by atoms with Gasteiger partial charge in [0.15, 0.2) is 18.1 Å². The van der Waals surface area contributed by atoms with Crippen molar-refractivity contribution in [1.82, 2.24) is 5.32 Å². The molecule has 1 N–H and O–H groups in total. The summed E-state index contributed by atoms with van der Waals surface area (Å²) in [6.07, 6.45) is 0.754. The van der Waals surface area contributed by atoms with Gasteiger partial charge in [0, 0.05) is 4.47 Å². The van der Waals surface area contributed by atoms with Crippen molar-refractivity contribution >= 4 is 27.8 Å².